The average Bonchev–Trinajstić information content (AvgIpc) is 3.04. The second kappa shape index (κ2) is 6.64. The first kappa shape index (κ1) is 16.5. The van der Waals surface area contributed by atoms with Crippen molar-refractivity contribution in [3.05, 3.63) is 58.4 Å². The minimum atomic E-state index is -2.97. The lowest BCUT2D eigenvalue weighted by Crippen LogP contribution is -2.40. The molecule has 2 unspecified atom stereocenters. The molecular formula is C16H17F2N3O3. The van der Waals surface area contributed by atoms with Crippen molar-refractivity contribution < 1.29 is 18.4 Å². The van der Waals surface area contributed by atoms with Crippen molar-refractivity contribution in [2.24, 2.45) is 0 Å². The lowest BCUT2D eigenvalue weighted by molar-refractivity contribution is -0.385. The van der Waals surface area contributed by atoms with E-state index >= 15 is 0 Å². The highest BCUT2D eigenvalue weighted by molar-refractivity contribution is 5.21. The molecule has 0 amide bonds. The van der Waals surface area contributed by atoms with Gasteiger partial charge in [-0.3, -0.25) is 14.8 Å². The van der Waals surface area contributed by atoms with Crippen LogP contribution in [0, 0.1) is 10.1 Å². The molecule has 1 aromatic carbocycles. The maximum Gasteiger partial charge on any atom is 0.307 e. The van der Waals surface area contributed by atoms with E-state index in [9.17, 15) is 18.9 Å². The molecule has 1 aromatic heterocycles. The van der Waals surface area contributed by atoms with Crippen LogP contribution in [0.15, 0.2) is 42.7 Å². The molecule has 1 saturated carbocycles. The van der Waals surface area contributed by atoms with Crippen molar-refractivity contribution in [1.29, 1.82) is 0 Å². The normalized spacial score (nSPS) is 23.1. The zero-order valence-corrected chi connectivity index (χ0v) is 12.8. The van der Waals surface area contributed by atoms with E-state index in [0.29, 0.717) is 6.61 Å². The van der Waals surface area contributed by atoms with Crippen molar-refractivity contribution in [1.82, 2.24) is 9.78 Å². The van der Waals surface area contributed by atoms with Gasteiger partial charge in [-0.25, -0.2) is 8.78 Å². The second-order valence-electron chi connectivity index (χ2n) is 5.91. The molecule has 3 rings (SSSR count). The molecule has 1 fully saturated rings. The van der Waals surface area contributed by atoms with Crippen LogP contribution >= 0.6 is 0 Å². The zero-order chi connectivity index (χ0) is 17.2. The van der Waals surface area contributed by atoms with Crippen LogP contribution in [-0.4, -0.2) is 26.7 Å². The number of ether oxygens (including phenoxy) is 1. The maximum absolute atomic E-state index is 14.2. The van der Waals surface area contributed by atoms with Crippen molar-refractivity contribution >= 4 is 5.69 Å². The number of aromatic nitrogens is 2. The van der Waals surface area contributed by atoms with Gasteiger partial charge in [0.15, 0.2) is 0 Å². The highest BCUT2D eigenvalue weighted by Crippen LogP contribution is 2.42. The fourth-order valence-electron chi connectivity index (χ4n) is 2.89. The van der Waals surface area contributed by atoms with Gasteiger partial charge in [0, 0.05) is 12.8 Å². The Kier molecular flexibility index (Phi) is 4.57. The number of alkyl halides is 2. The Bertz CT molecular complexity index is 706. The van der Waals surface area contributed by atoms with Gasteiger partial charge < -0.3 is 4.74 Å². The second-order valence-corrected chi connectivity index (χ2v) is 5.91. The fourth-order valence-corrected chi connectivity index (χ4v) is 2.89. The lowest BCUT2D eigenvalue weighted by Gasteiger charge is -2.35. The molecule has 0 saturated heterocycles. The molecule has 0 bridgehead atoms. The number of halogens is 2. The Morgan fingerprint density at radius 2 is 2.12 bits per heavy atom. The highest BCUT2D eigenvalue weighted by atomic mass is 19.3. The topological polar surface area (TPSA) is 70.2 Å². The predicted octanol–water partition coefficient (Wildman–Crippen LogP) is 3.74. The third kappa shape index (κ3) is 3.59. The summed E-state index contributed by atoms with van der Waals surface area (Å²) >= 11 is 0. The van der Waals surface area contributed by atoms with Crippen molar-refractivity contribution in [3.63, 3.8) is 0 Å². The summed E-state index contributed by atoms with van der Waals surface area (Å²) in [6.07, 6.45) is 1.70. The standard InChI is InChI=1S/C16H17F2N3O3/c17-16(18)7-6-14(24-11-12-4-2-1-3-5-12)8-15(16)20-10-13(9-19-20)21(22)23/h1-5,9-10,14-15H,6-8,11H2. The molecule has 1 heterocycles. The number of benzene rings is 1. The van der Waals surface area contributed by atoms with E-state index in [0.717, 1.165) is 22.6 Å². The summed E-state index contributed by atoms with van der Waals surface area (Å²) < 4.78 is 35.2. The Labute approximate surface area is 137 Å². The van der Waals surface area contributed by atoms with Crippen LogP contribution in [-0.2, 0) is 11.3 Å². The molecule has 0 radical (unpaired) electrons. The van der Waals surface area contributed by atoms with Gasteiger partial charge in [-0.15, -0.1) is 0 Å². The van der Waals surface area contributed by atoms with E-state index in [1.54, 1.807) is 0 Å². The molecule has 0 spiro atoms. The molecule has 24 heavy (non-hydrogen) atoms. The van der Waals surface area contributed by atoms with E-state index in [4.69, 9.17) is 4.74 Å². The summed E-state index contributed by atoms with van der Waals surface area (Å²) in [5, 5.41) is 14.5. The van der Waals surface area contributed by atoms with Gasteiger partial charge in [-0.2, -0.15) is 5.10 Å². The van der Waals surface area contributed by atoms with Gasteiger partial charge in [0.25, 0.3) is 5.92 Å². The van der Waals surface area contributed by atoms with E-state index in [1.165, 1.54) is 0 Å². The van der Waals surface area contributed by atoms with Gasteiger partial charge in [0.05, 0.1) is 17.6 Å². The van der Waals surface area contributed by atoms with Gasteiger partial charge in [-0.05, 0) is 12.0 Å². The van der Waals surface area contributed by atoms with E-state index < -0.39 is 16.9 Å². The Morgan fingerprint density at radius 3 is 2.79 bits per heavy atom. The van der Waals surface area contributed by atoms with Crippen LogP contribution in [0.3, 0.4) is 0 Å². The SMILES string of the molecule is O=[N+]([O-])c1cnn(C2CC(OCc3ccccc3)CCC2(F)F)c1. The smallest absolute Gasteiger partial charge is 0.307 e. The lowest BCUT2D eigenvalue weighted by atomic mass is 9.89. The molecule has 0 N–H and O–H groups in total. The molecule has 128 valence electrons. The number of nitro groups is 1. The number of hydrogen-bond donors (Lipinski definition) is 0. The Hall–Kier alpha value is -2.35. The minimum absolute atomic E-state index is 0.0681. The van der Waals surface area contributed by atoms with Gasteiger partial charge >= 0.3 is 5.69 Å². The molecule has 2 atom stereocenters. The quantitative estimate of drug-likeness (QED) is 0.615. The zero-order valence-electron chi connectivity index (χ0n) is 12.8. The third-order valence-corrected chi connectivity index (χ3v) is 4.22. The number of nitrogens with zero attached hydrogens (tertiary/aromatic N) is 3. The van der Waals surface area contributed by atoms with Crippen LogP contribution in [0.5, 0.6) is 0 Å². The van der Waals surface area contributed by atoms with Crippen LogP contribution < -0.4 is 0 Å². The van der Waals surface area contributed by atoms with Gasteiger partial charge in [0.1, 0.15) is 18.4 Å². The predicted molar refractivity (Wildman–Crippen MR) is 81.7 cm³/mol. The van der Waals surface area contributed by atoms with Gasteiger partial charge in [0.2, 0.25) is 0 Å². The van der Waals surface area contributed by atoms with Crippen LogP contribution in [0.2, 0.25) is 0 Å². The third-order valence-electron chi connectivity index (χ3n) is 4.22. The first-order valence-corrected chi connectivity index (χ1v) is 7.67. The first-order chi connectivity index (χ1) is 11.5. The van der Waals surface area contributed by atoms with Crippen LogP contribution in [0.4, 0.5) is 14.5 Å². The first-order valence-electron chi connectivity index (χ1n) is 7.67. The van der Waals surface area contributed by atoms with E-state index in [1.807, 2.05) is 30.3 Å². The molecule has 1 aliphatic rings. The van der Waals surface area contributed by atoms with Crippen LogP contribution in [0.1, 0.15) is 30.9 Å². The van der Waals surface area contributed by atoms with Gasteiger partial charge in [-0.1, -0.05) is 30.3 Å². The Balaban J connectivity index is 1.68. The molecule has 8 heteroatoms. The van der Waals surface area contributed by atoms with Crippen LogP contribution in [0.25, 0.3) is 0 Å². The Morgan fingerprint density at radius 1 is 1.38 bits per heavy atom. The fraction of sp³-hybridized carbons (Fsp3) is 0.438. The molecule has 1 aliphatic carbocycles. The highest BCUT2D eigenvalue weighted by Gasteiger charge is 2.46. The average molecular weight is 337 g/mol. The van der Waals surface area contributed by atoms with Crippen molar-refractivity contribution in [2.45, 2.75) is 43.9 Å². The number of rotatable bonds is 5. The molecule has 6 nitrogen and oxygen atoms in total. The molecule has 2 aromatic rings. The molecule has 0 aliphatic heterocycles. The minimum Gasteiger partial charge on any atom is -0.373 e. The summed E-state index contributed by atoms with van der Waals surface area (Å²) in [5.74, 6) is -2.97. The monoisotopic (exact) mass is 337 g/mol. The van der Waals surface area contributed by atoms with Crippen molar-refractivity contribution in [2.75, 3.05) is 0 Å². The van der Waals surface area contributed by atoms with E-state index in [-0.39, 0.29) is 31.1 Å². The maximum atomic E-state index is 14.2. The summed E-state index contributed by atoms with van der Waals surface area (Å²) in [5.41, 5.74) is 0.680. The largest absolute Gasteiger partial charge is 0.373 e. The van der Waals surface area contributed by atoms with Crippen molar-refractivity contribution in [3.8, 4) is 0 Å². The number of hydrogen-bond acceptors (Lipinski definition) is 4. The summed E-state index contributed by atoms with van der Waals surface area (Å²) in [6, 6.07) is 8.25. The molecular weight excluding hydrogens is 320 g/mol. The summed E-state index contributed by atoms with van der Waals surface area (Å²) in [4.78, 5) is 10.1. The summed E-state index contributed by atoms with van der Waals surface area (Å²) in [6.45, 7) is 0.350. The van der Waals surface area contributed by atoms with E-state index in [2.05, 4.69) is 5.10 Å². The summed E-state index contributed by atoms with van der Waals surface area (Å²) in [7, 11) is 0.